The molecule has 2 saturated carbocycles. The summed E-state index contributed by atoms with van der Waals surface area (Å²) in [6, 6.07) is 0.779. The van der Waals surface area contributed by atoms with Gasteiger partial charge in [0.25, 0.3) is 0 Å². The predicted octanol–water partition coefficient (Wildman–Crippen LogP) is 1.98. The third-order valence-electron chi connectivity index (χ3n) is 5.05. The van der Waals surface area contributed by atoms with Crippen LogP contribution in [0.4, 0.5) is 0 Å². The maximum Gasteiger partial charge on any atom is 0.0700 e. The number of hydrogen-bond acceptors (Lipinski definition) is 4. The zero-order valence-electron chi connectivity index (χ0n) is 12.7. The third-order valence-corrected chi connectivity index (χ3v) is 5.05. The number of nitrogens with one attached hydrogen (secondary N) is 1. The van der Waals surface area contributed by atoms with E-state index in [9.17, 15) is 0 Å². The van der Waals surface area contributed by atoms with E-state index in [4.69, 9.17) is 14.2 Å². The van der Waals surface area contributed by atoms with Gasteiger partial charge in [0.15, 0.2) is 0 Å². The predicted molar refractivity (Wildman–Crippen MR) is 77.9 cm³/mol. The molecule has 4 nitrogen and oxygen atoms in total. The minimum absolute atomic E-state index is 0.316. The van der Waals surface area contributed by atoms with Crippen LogP contribution in [0.25, 0.3) is 0 Å². The van der Waals surface area contributed by atoms with Crippen molar-refractivity contribution >= 4 is 0 Å². The van der Waals surface area contributed by atoms with Gasteiger partial charge in [0.05, 0.1) is 19.3 Å². The minimum Gasteiger partial charge on any atom is -0.382 e. The molecule has 0 bridgehead atoms. The lowest BCUT2D eigenvalue weighted by Crippen LogP contribution is -2.43. The lowest BCUT2D eigenvalue weighted by Gasteiger charge is -2.35. The summed E-state index contributed by atoms with van der Waals surface area (Å²) in [4.78, 5) is 0. The zero-order chi connectivity index (χ0) is 13.8. The Morgan fingerprint density at radius 3 is 2.70 bits per heavy atom. The molecule has 2 aliphatic carbocycles. The van der Waals surface area contributed by atoms with Crippen molar-refractivity contribution in [2.45, 2.75) is 50.7 Å². The normalized spacial score (nSPS) is 33.8. The van der Waals surface area contributed by atoms with Crippen LogP contribution in [0.3, 0.4) is 0 Å². The first kappa shape index (κ1) is 14.8. The molecular weight excluding hydrogens is 254 g/mol. The van der Waals surface area contributed by atoms with E-state index in [1.807, 2.05) is 0 Å². The van der Waals surface area contributed by atoms with Gasteiger partial charge >= 0.3 is 0 Å². The Morgan fingerprint density at radius 2 is 2.00 bits per heavy atom. The lowest BCUT2D eigenvalue weighted by molar-refractivity contribution is 0.00182. The van der Waals surface area contributed by atoms with Gasteiger partial charge in [-0.2, -0.15) is 0 Å². The van der Waals surface area contributed by atoms with Crippen molar-refractivity contribution in [3.05, 3.63) is 0 Å². The van der Waals surface area contributed by atoms with Gasteiger partial charge in [-0.3, -0.25) is 0 Å². The molecule has 2 atom stereocenters. The van der Waals surface area contributed by atoms with E-state index in [1.165, 1.54) is 32.1 Å². The molecule has 20 heavy (non-hydrogen) atoms. The van der Waals surface area contributed by atoms with Gasteiger partial charge in [-0.15, -0.1) is 0 Å². The number of ether oxygens (including phenoxy) is 3. The quantitative estimate of drug-likeness (QED) is 0.622. The van der Waals surface area contributed by atoms with E-state index < -0.39 is 0 Å². The molecule has 4 heteroatoms. The molecule has 3 rings (SSSR count). The second kappa shape index (κ2) is 6.73. The fourth-order valence-electron chi connectivity index (χ4n) is 3.44. The van der Waals surface area contributed by atoms with Gasteiger partial charge in [-0.1, -0.05) is 0 Å². The monoisotopic (exact) mass is 283 g/mol. The van der Waals surface area contributed by atoms with Gasteiger partial charge in [-0.25, -0.2) is 0 Å². The van der Waals surface area contributed by atoms with Crippen molar-refractivity contribution in [3.8, 4) is 0 Å². The molecule has 3 aliphatic rings. The first-order chi connectivity index (χ1) is 9.84. The Labute approximate surface area is 122 Å². The second-order valence-electron chi connectivity index (χ2n) is 6.75. The van der Waals surface area contributed by atoms with E-state index in [1.54, 1.807) is 7.11 Å². The van der Waals surface area contributed by atoms with Crippen LogP contribution >= 0.6 is 0 Å². The summed E-state index contributed by atoms with van der Waals surface area (Å²) in [5.74, 6) is 0.817. The average molecular weight is 283 g/mol. The summed E-state index contributed by atoms with van der Waals surface area (Å²) in [6.45, 7) is 4.29. The Kier molecular flexibility index (Phi) is 4.97. The fraction of sp³-hybridized carbons (Fsp3) is 1.00. The van der Waals surface area contributed by atoms with Gasteiger partial charge in [-0.05, 0) is 44.4 Å². The summed E-state index contributed by atoms with van der Waals surface area (Å²) in [7, 11) is 1.72. The van der Waals surface area contributed by atoms with E-state index in [2.05, 4.69) is 5.32 Å². The molecule has 116 valence electrons. The zero-order valence-corrected chi connectivity index (χ0v) is 12.7. The number of rotatable bonds is 10. The molecular formula is C16H29NO3. The van der Waals surface area contributed by atoms with Gasteiger partial charge < -0.3 is 19.5 Å². The van der Waals surface area contributed by atoms with Crippen LogP contribution in [-0.4, -0.2) is 52.2 Å². The van der Waals surface area contributed by atoms with E-state index in [-0.39, 0.29) is 0 Å². The van der Waals surface area contributed by atoms with E-state index in [0.29, 0.717) is 24.7 Å². The van der Waals surface area contributed by atoms with Gasteiger partial charge in [0.1, 0.15) is 0 Å². The third kappa shape index (κ3) is 3.73. The average Bonchev–Trinajstić information content (AvgIpc) is 3.37. The first-order valence-corrected chi connectivity index (χ1v) is 8.26. The van der Waals surface area contributed by atoms with Crippen molar-refractivity contribution in [3.63, 3.8) is 0 Å². The van der Waals surface area contributed by atoms with E-state index in [0.717, 1.165) is 38.1 Å². The Balaban J connectivity index is 1.51. The molecule has 0 radical (unpaired) electrons. The van der Waals surface area contributed by atoms with Crippen LogP contribution in [0.2, 0.25) is 0 Å². The highest BCUT2D eigenvalue weighted by Gasteiger charge is 2.50. The summed E-state index contributed by atoms with van der Waals surface area (Å²) in [6.07, 6.45) is 8.23. The van der Waals surface area contributed by atoms with Crippen molar-refractivity contribution in [1.82, 2.24) is 5.32 Å². The largest absolute Gasteiger partial charge is 0.382 e. The summed E-state index contributed by atoms with van der Waals surface area (Å²) in [5.41, 5.74) is 0.316. The molecule has 0 aromatic rings. The standard InChI is InChI=1S/C16H29NO3/c1-18-10-11-19-8-6-16(12-17-14-4-5-14)7-9-20-15(16)13-2-3-13/h13-15,17H,2-12H2,1H3. The highest BCUT2D eigenvalue weighted by atomic mass is 16.5. The Morgan fingerprint density at radius 1 is 1.15 bits per heavy atom. The van der Waals surface area contributed by atoms with Crippen LogP contribution in [0.15, 0.2) is 0 Å². The summed E-state index contributed by atoms with van der Waals surface area (Å²) >= 11 is 0. The molecule has 0 aromatic carbocycles. The van der Waals surface area contributed by atoms with Gasteiger partial charge in [0.2, 0.25) is 0 Å². The van der Waals surface area contributed by atoms with Crippen molar-refractivity contribution in [1.29, 1.82) is 0 Å². The minimum atomic E-state index is 0.316. The molecule has 1 saturated heterocycles. The van der Waals surface area contributed by atoms with Crippen LogP contribution in [0.1, 0.15) is 38.5 Å². The maximum atomic E-state index is 6.10. The van der Waals surface area contributed by atoms with Gasteiger partial charge in [0, 0.05) is 38.3 Å². The molecule has 2 unspecified atom stereocenters. The number of hydrogen-bond donors (Lipinski definition) is 1. The van der Waals surface area contributed by atoms with Crippen molar-refractivity contribution in [2.24, 2.45) is 11.3 Å². The van der Waals surface area contributed by atoms with Crippen LogP contribution in [0.5, 0.6) is 0 Å². The molecule has 3 fully saturated rings. The second-order valence-corrected chi connectivity index (χ2v) is 6.75. The highest BCUT2D eigenvalue weighted by molar-refractivity contribution is 5.01. The van der Waals surface area contributed by atoms with Crippen LogP contribution < -0.4 is 5.32 Å². The maximum absolute atomic E-state index is 6.10. The fourth-order valence-corrected chi connectivity index (χ4v) is 3.44. The molecule has 0 spiro atoms. The Hall–Kier alpha value is -0.160. The van der Waals surface area contributed by atoms with Crippen molar-refractivity contribution < 1.29 is 14.2 Å². The van der Waals surface area contributed by atoms with Crippen LogP contribution in [0, 0.1) is 11.3 Å². The summed E-state index contributed by atoms with van der Waals surface area (Å²) < 4.78 is 16.9. The highest BCUT2D eigenvalue weighted by Crippen LogP contribution is 2.49. The summed E-state index contributed by atoms with van der Waals surface area (Å²) in [5, 5.41) is 3.74. The molecule has 1 N–H and O–H groups in total. The smallest absolute Gasteiger partial charge is 0.0700 e. The molecule has 1 heterocycles. The molecule has 0 amide bonds. The molecule has 1 aliphatic heterocycles. The SMILES string of the molecule is COCCOCCC1(CNC2CC2)CCOC1C1CC1. The van der Waals surface area contributed by atoms with Crippen molar-refractivity contribution in [2.75, 3.05) is 40.1 Å². The molecule has 0 aromatic heterocycles. The van der Waals surface area contributed by atoms with Crippen LogP contribution in [-0.2, 0) is 14.2 Å². The van der Waals surface area contributed by atoms with E-state index >= 15 is 0 Å². The first-order valence-electron chi connectivity index (χ1n) is 8.26. The number of methoxy groups -OCH3 is 1. The topological polar surface area (TPSA) is 39.7 Å². The lowest BCUT2D eigenvalue weighted by atomic mass is 9.76. The Bertz CT molecular complexity index is 304.